The standard InChI is InChI=1S/C12H19NO3/c1-9(13)12(7-14)16-11-5-3-4-10(6-11)8-15-2/h3-6,9,12,14H,7-8,13H2,1-2H3. The van der Waals surface area contributed by atoms with Crippen LogP contribution in [0.5, 0.6) is 5.75 Å². The van der Waals surface area contributed by atoms with Gasteiger partial charge in [0, 0.05) is 13.2 Å². The fourth-order valence-electron chi connectivity index (χ4n) is 1.36. The highest BCUT2D eigenvalue weighted by Crippen LogP contribution is 2.16. The first-order valence-electron chi connectivity index (χ1n) is 5.28. The number of benzene rings is 1. The average Bonchev–Trinajstić information content (AvgIpc) is 2.26. The third-order valence-corrected chi connectivity index (χ3v) is 2.26. The molecule has 0 bridgehead atoms. The molecule has 0 radical (unpaired) electrons. The molecule has 0 saturated heterocycles. The van der Waals surface area contributed by atoms with Crippen LogP contribution >= 0.6 is 0 Å². The van der Waals surface area contributed by atoms with Crippen LogP contribution in [0.3, 0.4) is 0 Å². The minimum Gasteiger partial charge on any atom is -0.486 e. The van der Waals surface area contributed by atoms with Crippen molar-refractivity contribution in [1.29, 1.82) is 0 Å². The highest BCUT2D eigenvalue weighted by molar-refractivity contribution is 5.28. The molecule has 2 unspecified atom stereocenters. The van der Waals surface area contributed by atoms with E-state index in [-0.39, 0.29) is 18.8 Å². The molecule has 90 valence electrons. The first-order chi connectivity index (χ1) is 7.67. The zero-order valence-corrected chi connectivity index (χ0v) is 9.72. The van der Waals surface area contributed by atoms with Crippen LogP contribution in [0.4, 0.5) is 0 Å². The molecule has 1 rings (SSSR count). The number of aliphatic hydroxyl groups excluding tert-OH is 1. The van der Waals surface area contributed by atoms with E-state index in [4.69, 9.17) is 20.3 Å². The van der Waals surface area contributed by atoms with Crippen molar-refractivity contribution < 1.29 is 14.6 Å². The first-order valence-corrected chi connectivity index (χ1v) is 5.28. The summed E-state index contributed by atoms with van der Waals surface area (Å²) in [6.45, 7) is 2.26. The molecule has 1 aromatic rings. The number of nitrogens with two attached hydrogens (primary N) is 1. The molecular formula is C12H19NO3. The molecule has 0 spiro atoms. The summed E-state index contributed by atoms with van der Waals surface area (Å²) in [5.74, 6) is 0.700. The fourth-order valence-corrected chi connectivity index (χ4v) is 1.36. The lowest BCUT2D eigenvalue weighted by Crippen LogP contribution is -2.39. The summed E-state index contributed by atoms with van der Waals surface area (Å²) < 4.78 is 10.6. The maximum Gasteiger partial charge on any atom is 0.136 e. The van der Waals surface area contributed by atoms with E-state index in [2.05, 4.69) is 0 Å². The topological polar surface area (TPSA) is 64.7 Å². The highest BCUT2D eigenvalue weighted by atomic mass is 16.5. The summed E-state index contributed by atoms with van der Waals surface area (Å²) in [7, 11) is 1.64. The van der Waals surface area contributed by atoms with E-state index >= 15 is 0 Å². The number of aliphatic hydroxyl groups is 1. The van der Waals surface area contributed by atoms with E-state index in [0.29, 0.717) is 12.4 Å². The van der Waals surface area contributed by atoms with Gasteiger partial charge in [-0.05, 0) is 24.6 Å². The Hall–Kier alpha value is -1.10. The number of methoxy groups -OCH3 is 1. The largest absolute Gasteiger partial charge is 0.486 e. The summed E-state index contributed by atoms with van der Waals surface area (Å²) in [5.41, 5.74) is 6.71. The van der Waals surface area contributed by atoms with Gasteiger partial charge >= 0.3 is 0 Å². The van der Waals surface area contributed by atoms with Crippen LogP contribution in [0.2, 0.25) is 0 Å². The molecule has 3 N–H and O–H groups in total. The zero-order chi connectivity index (χ0) is 12.0. The van der Waals surface area contributed by atoms with Gasteiger partial charge in [-0.1, -0.05) is 12.1 Å². The Balaban J connectivity index is 2.68. The predicted molar refractivity (Wildman–Crippen MR) is 62.3 cm³/mol. The fraction of sp³-hybridized carbons (Fsp3) is 0.500. The third kappa shape index (κ3) is 3.81. The lowest BCUT2D eigenvalue weighted by molar-refractivity contribution is 0.0987. The van der Waals surface area contributed by atoms with Crippen LogP contribution in [-0.4, -0.2) is 31.0 Å². The minimum absolute atomic E-state index is 0.0911. The van der Waals surface area contributed by atoms with E-state index in [0.717, 1.165) is 5.56 Å². The van der Waals surface area contributed by atoms with Gasteiger partial charge in [0.25, 0.3) is 0 Å². The number of hydrogen-bond donors (Lipinski definition) is 2. The first kappa shape index (κ1) is 13.0. The maximum absolute atomic E-state index is 9.10. The van der Waals surface area contributed by atoms with E-state index in [9.17, 15) is 0 Å². The van der Waals surface area contributed by atoms with Gasteiger partial charge < -0.3 is 20.3 Å². The lowest BCUT2D eigenvalue weighted by atomic mass is 10.2. The molecular weight excluding hydrogens is 206 g/mol. The average molecular weight is 225 g/mol. The normalized spacial score (nSPS) is 14.5. The van der Waals surface area contributed by atoms with Crippen molar-refractivity contribution in [3.8, 4) is 5.75 Å². The van der Waals surface area contributed by atoms with Crippen LogP contribution in [0.15, 0.2) is 24.3 Å². The maximum atomic E-state index is 9.10. The molecule has 0 aromatic heterocycles. The van der Waals surface area contributed by atoms with Crippen LogP contribution in [0, 0.1) is 0 Å². The van der Waals surface area contributed by atoms with Crippen molar-refractivity contribution in [2.24, 2.45) is 5.73 Å². The van der Waals surface area contributed by atoms with Gasteiger partial charge in [-0.15, -0.1) is 0 Å². The molecule has 4 heteroatoms. The van der Waals surface area contributed by atoms with Crippen molar-refractivity contribution in [3.63, 3.8) is 0 Å². The Morgan fingerprint density at radius 2 is 2.19 bits per heavy atom. The monoisotopic (exact) mass is 225 g/mol. The number of hydrogen-bond acceptors (Lipinski definition) is 4. The highest BCUT2D eigenvalue weighted by Gasteiger charge is 2.14. The molecule has 0 aliphatic heterocycles. The van der Waals surface area contributed by atoms with Crippen LogP contribution in [-0.2, 0) is 11.3 Å². The van der Waals surface area contributed by atoms with Gasteiger partial charge in [0.1, 0.15) is 11.9 Å². The Bertz CT molecular complexity index is 315. The van der Waals surface area contributed by atoms with Crippen molar-refractivity contribution in [2.45, 2.75) is 25.7 Å². The Morgan fingerprint density at radius 1 is 1.44 bits per heavy atom. The summed E-state index contributed by atoms with van der Waals surface area (Å²) in [5, 5.41) is 9.10. The van der Waals surface area contributed by atoms with Crippen molar-refractivity contribution in [2.75, 3.05) is 13.7 Å². The van der Waals surface area contributed by atoms with Crippen molar-refractivity contribution in [1.82, 2.24) is 0 Å². The quantitative estimate of drug-likeness (QED) is 0.755. The SMILES string of the molecule is COCc1cccc(OC(CO)C(C)N)c1. The molecule has 0 fully saturated rings. The van der Waals surface area contributed by atoms with Gasteiger partial charge in [0.2, 0.25) is 0 Å². The zero-order valence-electron chi connectivity index (χ0n) is 9.72. The summed E-state index contributed by atoms with van der Waals surface area (Å²) >= 11 is 0. The van der Waals surface area contributed by atoms with Crippen LogP contribution < -0.4 is 10.5 Å². The van der Waals surface area contributed by atoms with Crippen LogP contribution in [0.25, 0.3) is 0 Å². The molecule has 0 amide bonds. The second kappa shape index (κ2) is 6.48. The predicted octanol–water partition coefficient (Wildman–Crippen LogP) is 0.920. The van der Waals surface area contributed by atoms with Gasteiger partial charge in [-0.25, -0.2) is 0 Å². The molecule has 0 aliphatic rings. The van der Waals surface area contributed by atoms with E-state index in [1.807, 2.05) is 24.3 Å². The smallest absolute Gasteiger partial charge is 0.136 e. The van der Waals surface area contributed by atoms with Gasteiger partial charge in [0.15, 0.2) is 0 Å². The molecule has 0 heterocycles. The summed E-state index contributed by atoms with van der Waals surface area (Å²) in [4.78, 5) is 0. The van der Waals surface area contributed by atoms with E-state index < -0.39 is 0 Å². The number of ether oxygens (including phenoxy) is 2. The molecule has 0 saturated carbocycles. The Kier molecular flexibility index (Phi) is 5.25. The minimum atomic E-state index is -0.377. The van der Waals surface area contributed by atoms with Crippen molar-refractivity contribution in [3.05, 3.63) is 29.8 Å². The molecule has 16 heavy (non-hydrogen) atoms. The molecule has 2 atom stereocenters. The van der Waals surface area contributed by atoms with Gasteiger partial charge in [-0.3, -0.25) is 0 Å². The molecule has 4 nitrogen and oxygen atoms in total. The van der Waals surface area contributed by atoms with Crippen LogP contribution in [0.1, 0.15) is 12.5 Å². The van der Waals surface area contributed by atoms with Gasteiger partial charge in [0.05, 0.1) is 13.2 Å². The molecule has 0 aliphatic carbocycles. The number of rotatable bonds is 6. The van der Waals surface area contributed by atoms with Gasteiger partial charge in [-0.2, -0.15) is 0 Å². The summed E-state index contributed by atoms with van der Waals surface area (Å²) in [6.07, 6.45) is -0.377. The second-order valence-electron chi connectivity index (χ2n) is 3.78. The van der Waals surface area contributed by atoms with E-state index in [1.54, 1.807) is 14.0 Å². The Morgan fingerprint density at radius 3 is 2.75 bits per heavy atom. The Labute approximate surface area is 96.0 Å². The second-order valence-corrected chi connectivity index (χ2v) is 3.78. The summed E-state index contributed by atoms with van der Waals surface area (Å²) in [6, 6.07) is 7.35. The lowest BCUT2D eigenvalue weighted by Gasteiger charge is -2.20. The van der Waals surface area contributed by atoms with E-state index in [1.165, 1.54) is 0 Å². The molecule has 1 aromatic carbocycles. The third-order valence-electron chi connectivity index (χ3n) is 2.26. The van der Waals surface area contributed by atoms with Crippen molar-refractivity contribution >= 4 is 0 Å².